The van der Waals surface area contributed by atoms with Crippen LogP contribution in [0, 0.1) is 0 Å². The maximum absolute atomic E-state index is 12.5. The van der Waals surface area contributed by atoms with Crippen LogP contribution in [0.25, 0.3) is 0 Å². The molecule has 0 unspecified atom stereocenters. The first-order valence-corrected chi connectivity index (χ1v) is 6.07. The molecule has 0 aromatic heterocycles. The number of benzene rings is 1. The smallest absolute Gasteiger partial charge is 0.420 e. The summed E-state index contributed by atoms with van der Waals surface area (Å²) in [7, 11) is 7.48. The summed E-state index contributed by atoms with van der Waals surface area (Å²) in [5.41, 5.74) is -0.827. The minimum absolute atomic E-state index is 0.242. The van der Waals surface area contributed by atoms with Crippen molar-refractivity contribution in [3.63, 3.8) is 0 Å². The van der Waals surface area contributed by atoms with Gasteiger partial charge in [-0.25, -0.2) is 0 Å². The van der Waals surface area contributed by atoms with E-state index in [1.54, 1.807) is 0 Å². The van der Waals surface area contributed by atoms with Crippen LogP contribution >= 0.6 is 37.6 Å². The molecule has 0 bridgehead atoms. The Morgan fingerprint density at radius 2 is 2.00 bits per heavy atom. The van der Waals surface area contributed by atoms with Crippen LogP contribution in [-0.4, -0.2) is 7.11 Å². The van der Waals surface area contributed by atoms with Gasteiger partial charge >= 0.3 is 6.18 Å². The molecule has 15 heavy (non-hydrogen) atoms. The van der Waals surface area contributed by atoms with Crippen molar-refractivity contribution in [2.24, 2.45) is 0 Å². The number of rotatable bonds is 2. The number of halogens is 5. The van der Waals surface area contributed by atoms with Crippen molar-refractivity contribution in [3.05, 3.63) is 22.2 Å². The second-order valence-electron chi connectivity index (χ2n) is 2.56. The van der Waals surface area contributed by atoms with Gasteiger partial charge in [-0.1, -0.05) is 0 Å². The van der Waals surface area contributed by atoms with Crippen LogP contribution in [0.5, 0.6) is 5.75 Å². The van der Waals surface area contributed by atoms with E-state index in [1.165, 1.54) is 13.2 Å². The fourth-order valence-electron chi connectivity index (χ4n) is 0.984. The molecule has 0 saturated carbocycles. The quantitative estimate of drug-likeness (QED) is 0.779. The average Bonchev–Trinajstić information content (AvgIpc) is 2.16. The van der Waals surface area contributed by atoms with Gasteiger partial charge in [0.05, 0.1) is 12.7 Å². The van der Waals surface area contributed by atoms with E-state index in [-0.39, 0.29) is 10.2 Å². The van der Waals surface area contributed by atoms with E-state index in [0.717, 1.165) is 17.0 Å². The molecule has 0 heterocycles. The highest BCUT2D eigenvalue weighted by molar-refractivity contribution is 9.10. The Labute approximate surface area is 102 Å². The fourth-order valence-corrected chi connectivity index (χ4v) is 2.52. The molecule has 0 aliphatic heterocycles. The van der Waals surface area contributed by atoms with E-state index in [9.17, 15) is 13.2 Å². The first-order valence-electron chi connectivity index (χ1n) is 3.63. The Morgan fingerprint density at radius 3 is 2.40 bits per heavy atom. The van der Waals surface area contributed by atoms with Crippen molar-refractivity contribution in [2.45, 2.75) is 11.1 Å². The van der Waals surface area contributed by atoms with Crippen LogP contribution < -0.4 is 4.74 Å². The van der Waals surface area contributed by atoms with Gasteiger partial charge in [-0.3, -0.25) is 0 Å². The van der Waals surface area contributed by atoms with E-state index < -0.39 is 11.7 Å². The lowest BCUT2D eigenvalue weighted by atomic mass is 10.2. The highest BCUT2D eigenvalue weighted by atomic mass is 79.9. The molecule has 0 fully saturated rings. The molecule has 84 valence electrons. The Kier molecular flexibility index (Phi) is 4.20. The van der Waals surface area contributed by atoms with Gasteiger partial charge in [0.2, 0.25) is 0 Å². The lowest BCUT2D eigenvalue weighted by Crippen LogP contribution is -2.07. The van der Waals surface area contributed by atoms with E-state index in [0.29, 0.717) is 4.90 Å². The maximum Gasteiger partial charge on any atom is 0.420 e. The standard InChI is InChI=1S/C8H5BrClF3OS/c1-14-6-3-7(15-10)5(9)2-4(6)8(11,12)13/h2-3H,1H3. The van der Waals surface area contributed by atoms with Crippen LogP contribution in [-0.2, 0) is 6.18 Å². The van der Waals surface area contributed by atoms with E-state index in [1.807, 2.05) is 0 Å². The Balaban J connectivity index is 3.34. The number of ether oxygens (including phenoxy) is 1. The number of methoxy groups -OCH3 is 1. The fraction of sp³-hybridized carbons (Fsp3) is 0.250. The van der Waals surface area contributed by atoms with Crippen molar-refractivity contribution >= 4 is 37.6 Å². The van der Waals surface area contributed by atoms with Crippen LogP contribution in [0.1, 0.15) is 5.56 Å². The average molecular weight is 322 g/mol. The van der Waals surface area contributed by atoms with Crippen molar-refractivity contribution in [2.75, 3.05) is 7.11 Å². The van der Waals surface area contributed by atoms with E-state index in [4.69, 9.17) is 10.7 Å². The Morgan fingerprint density at radius 1 is 1.40 bits per heavy atom. The van der Waals surface area contributed by atoms with Gasteiger partial charge in [0.15, 0.2) is 0 Å². The third-order valence-corrected chi connectivity index (χ3v) is 3.56. The summed E-state index contributed by atoms with van der Waals surface area (Å²) in [6, 6.07) is 2.19. The van der Waals surface area contributed by atoms with E-state index in [2.05, 4.69) is 20.7 Å². The molecule has 1 rings (SSSR count). The third-order valence-electron chi connectivity index (χ3n) is 1.64. The first kappa shape index (κ1) is 13.0. The van der Waals surface area contributed by atoms with Crippen LogP contribution in [0.4, 0.5) is 13.2 Å². The SMILES string of the molecule is COc1cc(SCl)c(Br)cc1C(F)(F)F. The maximum atomic E-state index is 12.5. The van der Waals surface area contributed by atoms with Gasteiger partial charge in [-0.15, -0.1) is 0 Å². The summed E-state index contributed by atoms with van der Waals surface area (Å²) in [6.07, 6.45) is -4.44. The van der Waals surface area contributed by atoms with Gasteiger partial charge in [-0.05, 0) is 49.7 Å². The van der Waals surface area contributed by atoms with Crippen molar-refractivity contribution in [3.8, 4) is 5.75 Å². The monoisotopic (exact) mass is 320 g/mol. The summed E-state index contributed by atoms with van der Waals surface area (Å²) >= 11 is 3.00. The minimum Gasteiger partial charge on any atom is -0.496 e. The van der Waals surface area contributed by atoms with Crippen LogP contribution in [0.3, 0.4) is 0 Å². The molecule has 0 aliphatic rings. The molecule has 0 radical (unpaired) electrons. The molecule has 0 atom stereocenters. The topological polar surface area (TPSA) is 9.23 Å². The first-order chi connectivity index (χ1) is 6.90. The van der Waals surface area contributed by atoms with Crippen LogP contribution in [0.2, 0.25) is 0 Å². The molecule has 0 aliphatic carbocycles. The predicted octanol–water partition coefficient (Wildman–Crippen LogP) is 4.72. The van der Waals surface area contributed by atoms with Crippen LogP contribution in [0.15, 0.2) is 21.5 Å². The summed E-state index contributed by atoms with van der Waals surface area (Å²) in [5.74, 6) is -0.242. The number of hydrogen-bond donors (Lipinski definition) is 0. The Hall–Kier alpha value is -0.0700. The van der Waals surface area contributed by atoms with E-state index >= 15 is 0 Å². The normalized spacial score (nSPS) is 11.6. The largest absolute Gasteiger partial charge is 0.496 e. The zero-order valence-electron chi connectivity index (χ0n) is 7.36. The predicted molar refractivity (Wildman–Crippen MR) is 57.4 cm³/mol. The Bertz CT molecular complexity index is 370. The minimum atomic E-state index is -4.44. The third kappa shape index (κ3) is 2.95. The van der Waals surface area contributed by atoms with Gasteiger partial charge in [-0.2, -0.15) is 13.2 Å². The van der Waals surface area contributed by atoms with Crippen molar-refractivity contribution < 1.29 is 17.9 Å². The molecule has 0 saturated heterocycles. The molecular formula is C8H5BrClF3OS. The lowest BCUT2D eigenvalue weighted by molar-refractivity contribution is -0.138. The summed E-state index contributed by atoms with van der Waals surface area (Å²) < 4.78 is 42.5. The van der Waals surface area contributed by atoms with Crippen molar-refractivity contribution in [1.82, 2.24) is 0 Å². The highest BCUT2D eigenvalue weighted by Crippen LogP contribution is 2.42. The summed E-state index contributed by atoms with van der Waals surface area (Å²) in [6.45, 7) is 0. The molecule has 1 nitrogen and oxygen atoms in total. The molecule has 7 heteroatoms. The molecule has 1 aromatic carbocycles. The number of alkyl halides is 3. The van der Waals surface area contributed by atoms with Gasteiger partial charge in [0, 0.05) is 9.37 Å². The second-order valence-corrected chi connectivity index (χ2v) is 4.47. The van der Waals surface area contributed by atoms with Gasteiger partial charge in [0.1, 0.15) is 5.75 Å². The van der Waals surface area contributed by atoms with Crippen molar-refractivity contribution in [1.29, 1.82) is 0 Å². The summed E-state index contributed by atoms with van der Waals surface area (Å²) in [5, 5.41) is 0. The second kappa shape index (κ2) is 4.84. The zero-order valence-corrected chi connectivity index (χ0v) is 10.5. The molecule has 0 spiro atoms. The summed E-state index contributed by atoms with van der Waals surface area (Å²) in [4.78, 5) is 0.474. The molecular weight excluding hydrogens is 317 g/mol. The lowest BCUT2D eigenvalue weighted by Gasteiger charge is -2.13. The molecule has 1 aromatic rings. The molecule has 0 amide bonds. The van der Waals surface area contributed by atoms with Gasteiger partial charge in [0.25, 0.3) is 0 Å². The number of hydrogen-bond acceptors (Lipinski definition) is 2. The highest BCUT2D eigenvalue weighted by Gasteiger charge is 2.35. The molecule has 0 N–H and O–H groups in total. The van der Waals surface area contributed by atoms with Gasteiger partial charge < -0.3 is 4.74 Å². The zero-order chi connectivity index (χ0) is 11.6.